The molecule has 0 unspecified atom stereocenters. The highest BCUT2D eigenvalue weighted by atomic mass is 79.9. The third-order valence-corrected chi connectivity index (χ3v) is 3.64. The second-order valence-corrected chi connectivity index (χ2v) is 5.58. The summed E-state index contributed by atoms with van der Waals surface area (Å²) in [7, 11) is 0. The summed E-state index contributed by atoms with van der Waals surface area (Å²) in [5.74, 6) is 5.12. The number of carbonyl (C=O) groups excluding carboxylic acids is 1. The normalized spacial score (nSPS) is 10.2. The topological polar surface area (TPSA) is 67.1 Å². The van der Waals surface area contributed by atoms with Gasteiger partial charge in [-0.15, -0.1) is 0 Å². The van der Waals surface area contributed by atoms with Gasteiger partial charge >= 0.3 is 0 Å². The minimum atomic E-state index is -0.217. The van der Waals surface area contributed by atoms with Crippen LogP contribution in [0.1, 0.15) is 15.9 Å². The van der Waals surface area contributed by atoms with E-state index in [1.807, 2.05) is 13.0 Å². The fraction of sp³-hybridized carbons (Fsp3) is 0.0714. The first-order chi connectivity index (χ1) is 9.51. The highest BCUT2D eigenvalue weighted by Crippen LogP contribution is 2.26. The van der Waals surface area contributed by atoms with Crippen LogP contribution in [0.15, 0.2) is 40.9 Å². The van der Waals surface area contributed by atoms with Crippen LogP contribution in [0.2, 0.25) is 5.02 Å². The van der Waals surface area contributed by atoms with Gasteiger partial charge in [0.25, 0.3) is 5.91 Å². The van der Waals surface area contributed by atoms with Gasteiger partial charge in [-0.1, -0.05) is 27.5 Å². The molecule has 0 atom stereocenters. The number of hydrogen-bond acceptors (Lipinski definition) is 3. The Morgan fingerprint density at radius 1 is 1.25 bits per heavy atom. The average molecular weight is 355 g/mol. The zero-order valence-corrected chi connectivity index (χ0v) is 13.0. The zero-order chi connectivity index (χ0) is 14.7. The van der Waals surface area contributed by atoms with Gasteiger partial charge in [-0.05, 0) is 48.9 Å². The van der Waals surface area contributed by atoms with E-state index < -0.39 is 0 Å². The molecule has 0 aliphatic carbocycles. The van der Waals surface area contributed by atoms with Gasteiger partial charge < -0.3 is 10.7 Å². The van der Waals surface area contributed by atoms with E-state index in [0.717, 1.165) is 15.7 Å². The number of nitrogens with one attached hydrogen (secondary N) is 2. The van der Waals surface area contributed by atoms with Crippen LogP contribution >= 0.6 is 27.5 Å². The predicted octanol–water partition coefficient (Wildman–Crippen LogP) is 3.95. The van der Waals surface area contributed by atoms with E-state index in [4.69, 9.17) is 17.4 Å². The quantitative estimate of drug-likeness (QED) is 0.577. The van der Waals surface area contributed by atoms with Crippen molar-refractivity contribution in [1.82, 2.24) is 0 Å². The molecule has 2 aromatic rings. The lowest BCUT2D eigenvalue weighted by molar-refractivity contribution is 0.102. The number of carbonyl (C=O) groups is 1. The minimum absolute atomic E-state index is 0.217. The van der Waals surface area contributed by atoms with E-state index >= 15 is 0 Å². The highest BCUT2D eigenvalue weighted by Gasteiger charge is 2.11. The van der Waals surface area contributed by atoms with Gasteiger partial charge in [0.05, 0.1) is 10.7 Å². The largest absolute Gasteiger partial charge is 0.324 e. The monoisotopic (exact) mass is 353 g/mol. The van der Waals surface area contributed by atoms with Crippen molar-refractivity contribution in [3.05, 3.63) is 57.0 Å². The first-order valence-electron chi connectivity index (χ1n) is 5.85. The number of rotatable bonds is 3. The molecule has 0 aliphatic rings. The molecule has 4 N–H and O–H groups in total. The van der Waals surface area contributed by atoms with Crippen LogP contribution in [0.25, 0.3) is 0 Å². The second kappa shape index (κ2) is 6.26. The van der Waals surface area contributed by atoms with Gasteiger partial charge in [-0.2, -0.15) is 0 Å². The summed E-state index contributed by atoms with van der Waals surface area (Å²) in [6, 6.07) is 10.5. The van der Waals surface area contributed by atoms with Crippen molar-refractivity contribution in [3.63, 3.8) is 0 Å². The van der Waals surface area contributed by atoms with Crippen molar-refractivity contribution < 1.29 is 4.79 Å². The lowest BCUT2D eigenvalue weighted by Gasteiger charge is -2.10. The van der Waals surface area contributed by atoms with E-state index in [2.05, 4.69) is 26.7 Å². The number of nitrogens with two attached hydrogens (primary N) is 1. The molecule has 6 heteroatoms. The van der Waals surface area contributed by atoms with Crippen LogP contribution in [-0.2, 0) is 0 Å². The van der Waals surface area contributed by atoms with Gasteiger partial charge in [0, 0.05) is 15.7 Å². The number of anilines is 2. The predicted molar refractivity (Wildman–Crippen MR) is 86.1 cm³/mol. The maximum Gasteiger partial charge on any atom is 0.255 e. The Morgan fingerprint density at radius 2 is 2.00 bits per heavy atom. The number of hydrazine groups is 1. The van der Waals surface area contributed by atoms with E-state index in [0.29, 0.717) is 16.3 Å². The molecule has 0 heterocycles. The Labute approximate surface area is 130 Å². The van der Waals surface area contributed by atoms with Crippen LogP contribution in [0.5, 0.6) is 0 Å². The van der Waals surface area contributed by atoms with E-state index in [9.17, 15) is 4.79 Å². The molecular formula is C14H13BrClN3O. The summed E-state index contributed by atoms with van der Waals surface area (Å²) in [6.45, 7) is 1.85. The summed E-state index contributed by atoms with van der Waals surface area (Å²) in [6.07, 6.45) is 0. The molecular weight excluding hydrogens is 342 g/mol. The van der Waals surface area contributed by atoms with Crippen LogP contribution in [0.3, 0.4) is 0 Å². The molecule has 0 spiro atoms. The molecule has 0 saturated carbocycles. The van der Waals surface area contributed by atoms with Gasteiger partial charge in [0.15, 0.2) is 0 Å². The molecule has 1 amide bonds. The summed E-state index contributed by atoms with van der Waals surface area (Å²) in [5.41, 5.74) is 5.25. The molecule has 104 valence electrons. The number of hydrogen-bond donors (Lipinski definition) is 3. The summed E-state index contributed by atoms with van der Waals surface area (Å²) in [4.78, 5) is 12.3. The molecule has 2 rings (SSSR count). The second-order valence-electron chi connectivity index (χ2n) is 4.25. The SMILES string of the molecule is Cc1cc(NN)ccc1C(=O)Nc1cc(Br)ccc1Cl. The molecule has 0 saturated heterocycles. The Bertz CT molecular complexity index is 661. The summed E-state index contributed by atoms with van der Waals surface area (Å²) >= 11 is 9.40. The van der Waals surface area contributed by atoms with Gasteiger partial charge in [-0.25, -0.2) is 0 Å². The minimum Gasteiger partial charge on any atom is -0.324 e. The maximum absolute atomic E-state index is 12.3. The zero-order valence-electron chi connectivity index (χ0n) is 10.7. The Hall–Kier alpha value is -1.56. The lowest BCUT2D eigenvalue weighted by atomic mass is 10.1. The lowest BCUT2D eigenvalue weighted by Crippen LogP contribution is -2.14. The summed E-state index contributed by atoms with van der Waals surface area (Å²) < 4.78 is 0.844. The van der Waals surface area contributed by atoms with E-state index in [1.54, 1.807) is 30.3 Å². The number of benzene rings is 2. The fourth-order valence-corrected chi connectivity index (χ4v) is 2.32. The van der Waals surface area contributed by atoms with Crippen molar-refractivity contribution >= 4 is 44.8 Å². The van der Waals surface area contributed by atoms with Crippen molar-refractivity contribution in [3.8, 4) is 0 Å². The van der Waals surface area contributed by atoms with Crippen LogP contribution < -0.4 is 16.6 Å². The third-order valence-electron chi connectivity index (χ3n) is 2.81. The molecule has 4 nitrogen and oxygen atoms in total. The Kier molecular flexibility index (Phi) is 4.65. The van der Waals surface area contributed by atoms with Crippen molar-refractivity contribution in [1.29, 1.82) is 0 Å². The van der Waals surface area contributed by atoms with Gasteiger partial charge in [-0.3, -0.25) is 10.6 Å². The van der Waals surface area contributed by atoms with Gasteiger partial charge in [0.1, 0.15) is 0 Å². The smallest absolute Gasteiger partial charge is 0.255 e. The first-order valence-corrected chi connectivity index (χ1v) is 7.02. The molecule has 0 aliphatic heterocycles. The highest BCUT2D eigenvalue weighted by molar-refractivity contribution is 9.10. The molecule has 0 fully saturated rings. The van der Waals surface area contributed by atoms with Crippen molar-refractivity contribution in [2.45, 2.75) is 6.92 Å². The van der Waals surface area contributed by atoms with E-state index in [-0.39, 0.29) is 5.91 Å². The molecule has 2 aromatic carbocycles. The third kappa shape index (κ3) is 3.30. The van der Waals surface area contributed by atoms with E-state index in [1.165, 1.54) is 0 Å². The molecule has 0 bridgehead atoms. The number of nitrogen functional groups attached to an aromatic ring is 1. The Morgan fingerprint density at radius 3 is 2.65 bits per heavy atom. The van der Waals surface area contributed by atoms with Crippen molar-refractivity contribution in [2.24, 2.45) is 5.84 Å². The number of aryl methyl sites for hydroxylation is 1. The van der Waals surface area contributed by atoms with Crippen LogP contribution in [-0.4, -0.2) is 5.91 Å². The standard InChI is InChI=1S/C14H13BrClN3O/c1-8-6-10(19-17)3-4-11(8)14(20)18-13-7-9(15)2-5-12(13)16/h2-7,19H,17H2,1H3,(H,18,20). The Balaban J connectivity index is 2.26. The number of halogens is 2. The van der Waals surface area contributed by atoms with Gasteiger partial charge in [0.2, 0.25) is 0 Å². The molecule has 0 aromatic heterocycles. The molecule has 0 radical (unpaired) electrons. The molecule has 20 heavy (non-hydrogen) atoms. The first kappa shape index (κ1) is 14.8. The van der Waals surface area contributed by atoms with Crippen molar-refractivity contribution in [2.75, 3.05) is 10.7 Å². The van der Waals surface area contributed by atoms with Crippen LogP contribution in [0, 0.1) is 6.92 Å². The maximum atomic E-state index is 12.3. The van der Waals surface area contributed by atoms with Crippen LogP contribution in [0.4, 0.5) is 11.4 Å². The fourth-order valence-electron chi connectivity index (χ4n) is 1.79. The summed E-state index contributed by atoms with van der Waals surface area (Å²) in [5, 5.41) is 3.28. The number of amides is 1. The average Bonchev–Trinajstić information content (AvgIpc) is 2.42.